The maximum absolute atomic E-state index is 15.6. The molecule has 0 radical (unpaired) electrons. The van der Waals surface area contributed by atoms with Gasteiger partial charge in [-0.25, -0.2) is 27.5 Å². The molecule has 20 heteroatoms. The Morgan fingerprint density at radius 1 is 0.985 bits per heavy atom. The van der Waals surface area contributed by atoms with Crippen LogP contribution in [0.5, 0.6) is 11.5 Å². The van der Waals surface area contributed by atoms with Gasteiger partial charge in [-0.15, -0.1) is 0 Å². The second kappa shape index (κ2) is 18.6. The number of nitro benzene ring substituents is 1. The first-order chi connectivity index (χ1) is 32.4. The van der Waals surface area contributed by atoms with Gasteiger partial charge >= 0.3 is 6.18 Å². The number of H-pyrrole nitrogens is 1. The van der Waals surface area contributed by atoms with Crippen LogP contribution >= 0.6 is 0 Å². The molecule has 1 amide bonds. The van der Waals surface area contributed by atoms with Gasteiger partial charge in [0.2, 0.25) is 0 Å². The number of piperidine rings is 2. The number of aromatic nitrogens is 3. The fourth-order valence-corrected chi connectivity index (χ4v) is 11.6. The van der Waals surface area contributed by atoms with Crippen molar-refractivity contribution in [1.82, 2.24) is 29.5 Å². The summed E-state index contributed by atoms with van der Waals surface area (Å²) in [6, 6.07) is 17.8. The van der Waals surface area contributed by atoms with Crippen LogP contribution in [-0.2, 0) is 10.0 Å². The van der Waals surface area contributed by atoms with Gasteiger partial charge in [-0.2, -0.15) is 13.2 Å². The van der Waals surface area contributed by atoms with Crippen molar-refractivity contribution >= 4 is 44.2 Å². The number of carbonyl (C=O) groups excluding carboxylic acids is 1. The number of pyridine rings is 2. The highest BCUT2D eigenvalue weighted by Crippen LogP contribution is 2.54. The number of nitro groups is 1. The van der Waals surface area contributed by atoms with Crippen LogP contribution in [0.15, 0.2) is 84.1 Å². The molecule has 1 aliphatic carbocycles. The number of benzene rings is 2. The van der Waals surface area contributed by atoms with E-state index in [1.54, 1.807) is 24.4 Å². The number of likely N-dealkylation sites (tertiary alicyclic amines) is 2. The van der Waals surface area contributed by atoms with Crippen molar-refractivity contribution in [3.63, 3.8) is 0 Å². The summed E-state index contributed by atoms with van der Waals surface area (Å²) < 4.78 is 89.8. The quantitative estimate of drug-likeness (QED) is 0.0547. The van der Waals surface area contributed by atoms with E-state index >= 15 is 4.39 Å². The number of alkyl halides is 4. The molecule has 68 heavy (non-hydrogen) atoms. The van der Waals surface area contributed by atoms with E-state index in [1.165, 1.54) is 36.4 Å². The maximum Gasteiger partial charge on any atom is 0.401 e. The monoisotopic (exact) mass is 961 g/mol. The molecule has 0 bridgehead atoms. The number of hydrogen-bond acceptors (Lipinski definition) is 12. The van der Waals surface area contributed by atoms with Crippen LogP contribution in [0.1, 0.15) is 98.7 Å². The number of hydrogen-bond donors (Lipinski definition) is 3. The third kappa shape index (κ3) is 10.1. The van der Waals surface area contributed by atoms with Gasteiger partial charge < -0.3 is 19.9 Å². The van der Waals surface area contributed by atoms with Crippen LogP contribution in [-0.4, -0.2) is 108 Å². The maximum atomic E-state index is 15.6. The van der Waals surface area contributed by atoms with Crippen molar-refractivity contribution in [2.45, 2.75) is 100.0 Å². The molecule has 4 fully saturated rings. The SMILES string of the molecule is CC(C)c1ccccc1C1CCCN1C1CC2(CCN(c3cc(Oc4cnc5[nH]ccc5c4)c(C(=O)NS(=O)(=O)c4ccc(NCC5(F)CCN(CC(F)(F)F)CC5)c([N+](=O)[O-])c4)cn3)CC2)C1. The first-order valence-electron chi connectivity index (χ1n) is 23.1. The molecule has 2 aromatic carbocycles. The first kappa shape index (κ1) is 47.2. The zero-order valence-electron chi connectivity index (χ0n) is 37.9. The Balaban J connectivity index is 0.883. The van der Waals surface area contributed by atoms with E-state index in [9.17, 15) is 36.5 Å². The van der Waals surface area contributed by atoms with Crippen molar-refractivity contribution in [2.24, 2.45) is 5.41 Å². The third-order valence-corrected chi connectivity index (χ3v) is 15.7. The van der Waals surface area contributed by atoms with Crippen molar-refractivity contribution < 1.29 is 40.4 Å². The van der Waals surface area contributed by atoms with Gasteiger partial charge in [-0.05, 0) is 105 Å². The average Bonchev–Trinajstić information content (AvgIpc) is 3.98. The largest absolute Gasteiger partial charge is 0.455 e. The molecule has 362 valence electrons. The zero-order chi connectivity index (χ0) is 48.0. The van der Waals surface area contributed by atoms with Gasteiger partial charge in [0.05, 0.1) is 22.6 Å². The molecular formula is C48H55F4N9O6S. The Morgan fingerprint density at radius 2 is 1.74 bits per heavy atom. The van der Waals surface area contributed by atoms with Crippen LogP contribution in [0.25, 0.3) is 11.0 Å². The molecule has 4 aliphatic rings. The Hall–Kier alpha value is -5.86. The second-order valence-electron chi connectivity index (χ2n) is 19.2. The number of carbonyl (C=O) groups is 1. The van der Waals surface area contributed by atoms with E-state index in [4.69, 9.17) is 4.74 Å². The summed E-state index contributed by atoms with van der Waals surface area (Å²) in [6.45, 7) is 5.15. The Labute approximate surface area is 391 Å². The summed E-state index contributed by atoms with van der Waals surface area (Å²) in [4.78, 5) is 42.6. The molecule has 15 nitrogen and oxygen atoms in total. The van der Waals surface area contributed by atoms with Crippen LogP contribution in [0, 0.1) is 15.5 Å². The minimum absolute atomic E-state index is 0.0139. The fraction of sp³-hybridized carbons (Fsp3) is 0.479. The van der Waals surface area contributed by atoms with E-state index in [2.05, 4.69) is 68.2 Å². The van der Waals surface area contributed by atoms with Crippen molar-refractivity contribution in [3.05, 3.63) is 106 Å². The van der Waals surface area contributed by atoms with Gasteiger partial charge in [-0.1, -0.05) is 38.1 Å². The third-order valence-electron chi connectivity index (χ3n) is 14.4. The minimum Gasteiger partial charge on any atom is -0.455 e. The summed E-state index contributed by atoms with van der Waals surface area (Å²) in [6.07, 6.45) is 6.12. The summed E-state index contributed by atoms with van der Waals surface area (Å²) in [5.74, 6) is 0.197. The number of amides is 1. The number of halogens is 4. The highest BCUT2D eigenvalue weighted by molar-refractivity contribution is 7.90. The summed E-state index contributed by atoms with van der Waals surface area (Å²) in [5, 5.41) is 15.5. The van der Waals surface area contributed by atoms with Crippen LogP contribution in [0.3, 0.4) is 0 Å². The highest BCUT2D eigenvalue weighted by Gasteiger charge is 2.50. The predicted octanol–water partition coefficient (Wildman–Crippen LogP) is 9.26. The number of anilines is 2. The van der Waals surface area contributed by atoms with E-state index in [-0.39, 0.29) is 54.1 Å². The summed E-state index contributed by atoms with van der Waals surface area (Å²) in [5.41, 5.74) is 0.636. The minimum atomic E-state index is -4.75. The lowest BCUT2D eigenvalue weighted by Gasteiger charge is -2.56. The molecule has 6 heterocycles. The van der Waals surface area contributed by atoms with E-state index < -0.39 is 56.4 Å². The summed E-state index contributed by atoms with van der Waals surface area (Å²) >= 11 is 0. The Bertz CT molecular complexity index is 2780. The lowest BCUT2D eigenvalue weighted by Crippen LogP contribution is -2.55. The number of fused-ring (bicyclic) bond motifs is 1. The standard InChI is InChI=1S/C48H55F4N9O6S/c1-31(2)36-6-3-4-7-37(36)40-8-5-17-60(40)33-25-46(26-33)12-20-59(21-13-46)43-24-42(67-34-22-32-11-16-53-44(32)55-27-34)38(28-54-43)45(62)57-68(65,66)35-9-10-39(41(23-35)61(63)64)56-29-47(49)14-18-58(19-15-47)30-48(50,51)52/h3-4,6-7,9-11,16,22-24,27-28,31,33,40,56H,5,8,12-15,17-21,25-26,29-30H2,1-2H3,(H,53,55)(H,57,62). The molecule has 3 N–H and O–H groups in total. The number of rotatable bonds is 14. The molecule has 9 rings (SSSR count). The number of ether oxygens (including phenoxy) is 1. The van der Waals surface area contributed by atoms with Gasteiger partial charge in [0.15, 0.2) is 0 Å². The van der Waals surface area contributed by atoms with Gasteiger partial charge in [0, 0.05) is 74.7 Å². The molecule has 1 spiro atoms. The van der Waals surface area contributed by atoms with E-state index in [1.807, 2.05) is 4.72 Å². The van der Waals surface area contributed by atoms with Crippen molar-refractivity contribution in [1.29, 1.82) is 0 Å². The Kier molecular flexibility index (Phi) is 12.9. The van der Waals surface area contributed by atoms with Gasteiger partial charge in [0.25, 0.3) is 21.6 Å². The van der Waals surface area contributed by atoms with Gasteiger partial charge in [-0.3, -0.25) is 24.7 Å². The van der Waals surface area contributed by atoms with Crippen LogP contribution in [0.2, 0.25) is 0 Å². The zero-order valence-corrected chi connectivity index (χ0v) is 38.7. The second-order valence-corrected chi connectivity index (χ2v) is 20.9. The number of aromatic amines is 1. The van der Waals surface area contributed by atoms with E-state index in [0.29, 0.717) is 29.5 Å². The normalized spacial score (nSPS) is 20.2. The van der Waals surface area contributed by atoms with Crippen LogP contribution < -0.4 is 19.7 Å². The lowest BCUT2D eigenvalue weighted by atomic mass is 9.60. The summed E-state index contributed by atoms with van der Waals surface area (Å²) in [7, 11) is -4.75. The van der Waals surface area contributed by atoms with Gasteiger partial charge in [0.1, 0.15) is 39.9 Å². The Morgan fingerprint density at radius 3 is 2.46 bits per heavy atom. The molecule has 3 saturated heterocycles. The average molecular weight is 962 g/mol. The fourth-order valence-electron chi connectivity index (χ4n) is 10.7. The lowest BCUT2D eigenvalue weighted by molar-refractivity contribution is -0.384. The number of nitrogens with zero attached hydrogens (tertiary/aromatic N) is 6. The molecule has 5 aromatic rings. The van der Waals surface area contributed by atoms with E-state index in [0.717, 1.165) is 73.8 Å². The van der Waals surface area contributed by atoms with Crippen LogP contribution in [0.4, 0.5) is 34.8 Å². The predicted molar refractivity (Wildman–Crippen MR) is 248 cm³/mol. The van der Waals surface area contributed by atoms with Crippen molar-refractivity contribution in [2.75, 3.05) is 56.0 Å². The number of nitrogens with one attached hydrogen (secondary N) is 3. The molecule has 1 saturated carbocycles. The first-order valence-corrected chi connectivity index (χ1v) is 24.6. The molecule has 1 unspecified atom stereocenters. The van der Waals surface area contributed by atoms with Crippen molar-refractivity contribution in [3.8, 4) is 11.5 Å². The molecular weight excluding hydrogens is 907 g/mol. The molecule has 3 aliphatic heterocycles. The molecule has 3 aromatic heterocycles. The highest BCUT2D eigenvalue weighted by atomic mass is 32.2. The molecule has 1 atom stereocenters. The number of sulfonamides is 1. The smallest absolute Gasteiger partial charge is 0.401 e. The topological polar surface area (TPSA) is 179 Å².